The molecule has 1 aliphatic rings. The van der Waals surface area contributed by atoms with Crippen LogP contribution < -0.4 is 4.90 Å². The van der Waals surface area contributed by atoms with E-state index in [-0.39, 0.29) is 0 Å². The highest BCUT2D eigenvalue weighted by molar-refractivity contribution is 7.07. The second-order valence-corrected chi connectivity index (χ2v) is 5.58. The Labute approximate surface area is 117 Å². The molecule has 0 radical (unpaired) electrons. The molecule has 0 aromatic carbocycles. The summed E-state index contributed by atoms with van der Waals surface area (Å²) in [6, 6.07) is 8.12. The first-order valence-electron chi connectivity index (χ1n) is 6.50. The Bertz CT molecular complexity index is 578. The highest BCUT2D eigenvalue weighted by atomic mass is 32.1. The summed E-state index contributed by atoms with van der Waals surface area (Å²) in [5.41, 5.74) is 2.14. The number of hydrogen-bond donors (Lipinski definition) is 0. The van der Waals surface area contributed by atoms with E-state index in [4.69, 9.17) is 5.26 Å². The van der Waals surface area contributed by atoms with Crippen LogP contribution >= 0.6 is 11.3 Å². The summed E-state index contributed by atoms with van der Waals surface area (Å²) in [6.45, 7) is 1.96. The van der Waals surface area contributed by atoms with Gasteiger partial charge in [-0.15, -0.1) is 0 Å². The molecule has 0 amide bonds. The summed E-state index contributed by atoms with van der Waals surface area (Å²) in [5.74, 6) is 1.51. The maximum Gasteiger partial charge on any atom is 0.146 e. The number of thiophene rings is 1. The fourth-order valence-electron chi connectivity index (χ4n) is 2.67. The fraction of sp³-hybridized carbons (Fsp3) is 0.333. The molecule has 0 spiro atoms. The Morgan fingerprint density at radius 3 is 2.84 bits per heavy atom. The van der Waals surface area contributed by atoms with Gasteiger partial charge in [-0.3, -0.25) is 0 Å². The standard InChI is InChI=1S/C15H15N3S/c16-10-13-2-1-6-17-15(13)18-7-3-12(4-8-18)14-5-9-19-11-14/h1-2,5-6,9,11-12H,3-4,7-8H2. The van der Waals surface area contributed by atoms with Crippen LogP contribution in [0.25, 0.3) is 0 Å². The number of aromatic nitrogens is 1. The molecule has 3 heterocycles. The topological polar surface area (TPSA) is 39.9 Å². The van der Waals surface area contributed by atoms with Gasteiger partial charge in [-0.25, -0.2) is 4.98 Å². The molecule has 1 saturated heterocycles. The van der Waals surface area contributed by atoms with Gasteiger partial charge in [0.2, 0.25) is 0 Å². The first-order chi connectivity index (χ1) is 9.38. The van der Waals surface area contributed by atoms with Crippen LogP contribution in [0, 0.1) is 11.3 Å². The van der Waals surface area contributed by atoms with E-state index in [1.165, 1.54) is 5.56 Å². The summed E-state index contributed by atoms with van der Waals surface area (Å²) in [5, 5.41) is 13.5. The highest BCUT2D eigenvalue weighted by Gasteiger charge is 2.22. The molecule has 1 aliphatic heterocycles. The van der Waals surface area contributed by atoms with E-state index in [1.54, 1.807) is 17.5 Å². The van der Waals surface area contributed by atoms with E-state index in [9.17, 15) is 0 Å². The van der Waals surface area contributed by atoms with Crippen molar-refractivity contribution in [3.63, 3.8) is 0 Å². The van der Waals surface area contributed by atoms with Crippen LogP contribution in [0.3, 0.4) is 0 Å². The van der Waals surface area contributed by atoms with Gasteiger partial charge in [-0.05, 0) is 53.3 Å². The molecule has 0 bridgehead atoms. The number of nitrogens with zero attached hydrogens (tertiary/aromatic N) is 3. The van der Waals surface area contributed by atoms with Gasteiger partial charge in [0, 0.05) is 19.3 Å². The minimum absolute atomic E-state index is 0.664. The van der Waals surface area contributed by atoms with Crippen molar-refractivity contribution in [2.24, 2.45) is 0 Å². The van der Waals surface area contributed by atoms with E-state index in [1.807, 2.05) is 12.1 Å². The molecule has 96 valence electrons. The molecule has 3 nitrogen and oxygen atoms in total. The zero-order valence-electron chi connectivity index (χ0n) is 10.6. The molecule has 0 aliphatic carbocycles. The average Bonchev–Trinajstić information content (AvgIpc) is 3.02. The largest absolute Gasteiger partial charge is 0.355 e. The zero-order valence-corrected chi connectivity index (χ0v) is 11.4. The Morgan fingerprint density at radius 2 is 2.16 bits per heavy atom. The number of anilines is 1. The molecule has 3 rings (SSSR count). The molecule has 2 aromatic rings. The van der Waals surface area contributed by atoms with Crippen molar-refractivity contribution in [3.8, 4) is 6.07 Å². The summed E-state index contributed by atoms with van der Waals surface area (Å²) in [7, 11) is 0. The van der Waals surface area contributed by atoms with Gasteiger partial charge in [0.15, 0.2) is 0 Å². The molecule has 19 heavy (non-hydrogen) atoms. The second kappa shape index (κ2) is 5.41. The van der Waals surface area contributed by atoms with Crippen LogP contribution in [0.15, 0.2) is 35.2 Å². The molecular formula is C15H15N3S. The zero-order chi connectivity index (χ0) is 13.1. The van der Waals surface area contributed by atoms with Crippen LogP contribution in [0.4, 0.5) is 5.82 Å². The summed E-state index contributed by atoms with van der Waals surface area (Å²) in [6.07, 6.45) is 4.04. The number of piperidine rings is 1. The molecular weight excluding hydrogens is 254 g/mol. The van der Waals surface area contributed by atoms with Gasteiger partial charge in [-0.1, -0.05) is 0 Å². The number of pyridine rings is 1. The van der Waals surface area contributed by atoms with E-state index in [2.05, 4.69) is 32.8 Å². The summed E-state index contributed by atoms with van der Waals surface area (Å²) < 4.78 is 0. The van der Waals surface area contributed by atoms with Gasteiger partial charge in [-0.2, -0.15) is 16.6 Å². The lowest BCUT2D eigenvalue weighted by atomic mass is 9.91. The molecule has 4 heteroatoms. The third-order valence-electron chi connectivity index (χ3n) is 3.72. The van der Waals surface area contributed by atoms with Crippen molar-refractivity contribution in [2.45, 2.75) is 18.8 Å². The van der Waals surface area contributed by atoms with E-state index >= 15 is 0 Å². The quantitative estimate of drug-likeness (QED) is 0.839. The Balaban J connectivity index is 1.72. The molecule has 0 N–H and O–H groups in total. The molecule has 2 aromatic heterocycles. The van der Waals surface area contributed by atoms with Crippen molar-refractivity contribution in [2.75, 3.05) is 18.0 Å². The van der Waals surface area contributed by atoms with E-state index in [0.717, 1.165) is 31.7 Å². The lowest BCUT2D eigenvalue weighted by molar-refractivity contribution is 0.503. The molecule has 0 unspecified atom stereocenters. The van der Waals surface area contributed by atoms with Gasteiger partial charge in [0.1, 0.15) is 11.9 Å². The smallest absolute Gasteiger partial charge is 0.146 e. The monoisotopic (exact) mass is 269 g/mol. The van der Waals surface area contributed by atoms with Crippen molar-refractivity contribution in [3.05, 3.63) is 46.3 Å². The van der Waals surface area contributed by atoms with Crippen molar-refractivity contribution >= 4 is 17.2 Å². The summed E-state index contributed by atoms with van der Waals surface area (Å²) >= 11 is 1.77. The first-order valence-corrected chi connectivity index (χ1v) is 7.45. The number of nitriles is 1. The van der Waals surface area contributed by atoms with Crippen LogP contribution in [-0.4, -0.2) is 18.1 Å². The maximum atomic E-state index is 9.14. The Morgan fingerprint density at radius 1 is 1.32 bits per heavy atom. The lowest BCUT2D eigenvalue weighted by Crippen LogP contribution is -2.33. The van der Waals surface area contributed by atoms with Crippen molar-refractivity contribution in [1.29, 1.82) is 5.26 Å². The highest BCUT2D eigenvalue weighted by Crippen LogP contribution is 2.31. The second-order valence-electron chi connectivity index (χ2n) is 4.80. The van der Waals surface area contributed by atoms with Gasteiger partial charge < -0.3 is 4.90 Å². The van der Waals surface area contributed by atoms with Gasteiger partial charge >= 0.3 is 0 Å². The Kier molecular flexibility index (Phi) is 3.47. The first kappa shape index (κ1) is 12.2. The van der Waals surface area contributed by atoms with Crippen LogP contribution in [0.2, 0.25) is 0 Å². The lowest BCUT2D eigenvalue weighted by Gasteiger charge is -2.33. The minimum atomic E-state index is 0.664. The van der Waals surface area contributed by atoms with Crippen molar-refractivity contribution in [1.82, 2.24) is 4.98 Å². The molecule has 0 atom stereocenters. The third-order valence-corrected chi connectivity index (χ3v) is 4.42. The summed E-state index contributed by atoms with van der Waals surface area (Å²) in [4.78, 5) is 6.60. The van der Waals surface area contributed by atoms with Gasteiger partial charge in [0.25, 0.3) is 0 Å². The number of hydrogen-bond acceptors (Lipinski definition) is 4. The maximum absolute atomic E-state index is 9.14. The average molecular weight is 269 g/mol. The Hall–Kier alpha value is -1.86. The molecule has 1 fully saturated rings. The van der Waals surface area contributed by atoms with Crippen molar-refractivity contribution < 1.29 is 0 Å². The van der Waals surface area contributed by atoms with Crippen LogP contribution in [0.5, 0.6) is 0 Å². The SMILES string of the molecule is N#Cc1cccnc1N1CCC(c2ccsc2)CC1. The van der Waals surface area contributed by atoms with Crippen LogP contribution in [-0.2, 0) is 0 Å². The predicted octanol–water partition coefficient (Wildman–Crippen LogP) is 3.40. The fourth-order valence-corrected chi connectivity index (χ4v) is 3.41. The minimum Gasteiger partial charge on any atom is -0.355 e. The molecule has 0 saturated carbocycles. The predicted molar refractivity (Wildman–Crippen MR) is 77.5 cm³/mol. The van der Waals surface area contributed by atoms with E-state index in [0.29, 0.717) is 11.5 Å². The number of rotatable bonds is 2. The normalized spacial score (nSPS) is 16.3. The van der Waals surface area contributed by atoms with Gasteiger partial charge in [0.05, 0.1) is 5.56 Å². The van der Waals surface area contributed by atoms with Crippen LogP contribution in [0.1, 0.15) is 29.9 Å². The third kappa shape index (κ3) is 2.47. The van der Waals surface area contributed by atoms with E-state index < -0.39 is 0 Å².